The highest BCUT2D eigenvalue weighted by atomic mass is 35.5. The number of ether oxygens (including phenoxy) is 1. The van der Waals surface area contributed by atoms with Crippen LogP contribution in [0, 0.1) is 0 Å². The maximum absolute atomic E-state index is 12.7. The summed E-state index contributed by atoms with van der Waals surface area (Å²) in [6.07, 6.45) is -1.81. The fourth-order valence-electron chi connectivity index (χ4n) is 1.39. The molecule has 0 atom stereocenters. The van der Waals surface area contributed by atoms with Gasteiger partial charge in [-0.05, 0) is 12.1 Å². The summed E-state index contributed by atoms with van der Waals surface area (Å²) in [5.41, 5.74) is -0.432. The first kappa shape index (κ1) is 13.6. The molecule has 19 heavy (non-hydrogen) atoms. The van der Waals surface area contributed by atoms with Gasteiger partial charge in [0.1, 0.15) is 17.5 Å². The molecular weight excluding hydrogens is 281 g/mol. The Kier molecular flexibility index (Phi) is 3.90. The van der Waals surface area contributed by atoms with Crippen LogP contribution in [0.15, 0.2) is 36.7 Å². The third kappa shape index (κ3) is 3.57. The maximum atomic E-state index is 12.7. The predicted molar refractivity (Wildman–Crippen MR) is 62.8 cm³/mol. The van der Waals surface area contributed by atoms with Crippen LogP contribution >= 0.6 is 11.6 Å². The highest BCUT2D eigenvalue weighted by molar-refractivity contribution is 6.29. The minimum absolute atomic E-state index is 0.114. The summed E-state index contributed by atoms with van der Waals surface area (Å²) in [5, 5.41) is 0.208. The maximum Gasteiger partial charge on any atom is 0.419 e. The van der Waals surface area contributed by atoms with Gasteiger partial charge in [0.15, 0.2) is 0 Å². The summed E-state index contributed by atoms with van der Waals surface area (Å²) in [5.74, 6) is -0.244. The molecule has 3 nitrogen and oxygen atoms in total. The van der Waals surface area contributed by atoms with Crippen LogP contribution in [-0.4, -0.2) is 9.97 Å². The van der Waals surface area contributed by atoms with Gasteiger partial charge < -0.3 is 4.74 Å². The van der Waals surface area contributed by atoms with E-state index in [4.69, 9.17) is 16.3 Å². The first-order chi connectivity index (χ1) is 8.97. The second-order valence-electron chi connectivity index (χ2n) is 3.61. The van der Waals surface area contributed by atoms with E-state index in [0.717, 1.165) is 6.07 Å². The molecule has 0 unspecified atom stereocenters. The molecule has 0 amide bonds. The number of para-hydroxylation sites is 1. The van der Waals surface area contributed by atoms with Crippen molar-refractivity contribution in [1.29, 1.82) is 0 Å². The zero-order valence-electron chi connectivity index (χ0n) is 9.49. The van der Waals surface area contributed by atoms with Gasteiger partial charge in [0.25, 0.3) is 0 Å². The number of halogens is 4. The van der Waals surface area contributed by atoms with Gasteiger partial charge in [0, 0.05) is 0 Å². The van der Waals surface area contributed by atoms with Crippen LogP contribution in [0.3, 0.4) is 0 Å². The molecule has 100 valence electrons. The lowest BCUT2D eigenvalue weighted by Crippen LogP contribution is -2.09. The minimum atomic E-state index is -4.46. The van der Waals surface area contributed by atoms with Crippen molar-refractivity contribution in [3.05, 3.63) is 53.1 Å². The second-order valence-corrected chi connectivity index (χ2v) is 4.00. The Balaban J connectivity index is 2.14. The number of rotatable bonds is 3. The van der Waals surface area contributed by atoms with Crippen molar-refractivity contribution in [1.82, 2.24) is 9.97 Å². The number of aromatic nitrogens is 2. The van der Waals surface area contributed by atoms with Gasteiger partial charge in [0.2, 0.25) is 0 Å². The Bertz CT molecular complexity index is 558. The zero-order chi connectivity index (χ0) is 13.9. The lowest BCUT2D eigenvalue weighted by atomic mass is 10.2. The van der Waals surface area contributed by atoms with Crippen molar-refractivity contribution >= 4 is 11.6 Å². The average Bonchev–Trinajstić information content (AvgIpc) is 2.37. The highest BCUT2D eigenvalue weighted by Crippen LogP contribution is 2.36. The Hall–Kier alpha value is -1.82. The predicted octanol–water partition coefficient (Wildman–Crippen LogP) is 3.73. The van der Waals surface area contributed by atoms with Crippen molar-refractivity contribution in [3.8, 4) is 5.75 Å². The van der Waals surface area contributed by atoms with E-state index in [1.54, 1.807) is 0 Å². The van der Waals surface area contributed by atoms with Gasteiger partial charge >= 0.3 is 6.18 Å². The SMILES string of the molecule is FC(F)(F)c1ccccc1OCc1cnc(Cl)cn1. The first-order valence-corrected chi connectivity index (χ1v) is 5.60. The van der Waals surface area contributed by atoms with E-state index in [1.807, 2.05) is 0 Å². The van der Waals surface area contributed by atoms with Crippen molar-refractivity contribution < 1.29 is 17.9 Å². The molecule has 1 aromatic carbocycles. The molecule has 2 rings (SSSR count). The molecule has 0 saturated carbocycles. The zero-order valence-corrected chi connectivity index (χ0v) is 10.2. The molecule has 7 heteroatoms. The molecule has 1 aromatic heterocycles. The van der Waals surface area contributed by atoms with Gasteiger partial charge in [-0.2, -0.15) is 13.2 Å². The molecule has 1 heterocycles. The van der Waals surface area contributed by atoms with Gasteiger partial charge in [-0.25, -0.2) is 4.98 Å². The normalized spacial score (nSPS) is 11.4. The molecule has 0 spiro atoms. The first-order valence-electron chi connectivity index (χ1n) is 5.22. The van der Waals surface area contributed by atoms with Crippen molar-refractivity contribution in [2.24, 2.45) is 0 Å². The molecule has 0 aliphatic rings. The minimum Gasteiger partial charge on any atom is -0.487 e. The fraction of sp³-hybridized carbons (Fsp3) is 0.167. The van der Waals surface area contributed by atoms with Crippen LogP contribution in [0.2, 0.25) is 5.15 Å². The van der Waals surface area contributed by atoms with E-state index in [0.29, 0.717) is 5.69 Å². The number of hydrogen-bond donors (Lipinski definition) is 0. The lowest BCUT2D eigenvalue weighted by Gasteiger charge is -2.13. The monoisotopic (exact) mass is 288 g/mol. The van der Waals surface area contributed by atoms with E-state index in [-0.39, 0.29) is 17.5 Å². The molecule has 0 saturated heterocycles. The summed E-state index contributed by atoms with van der Waals surface area (Å²) in [6, 6.07) is 4.99. The summed E-state index contributed by atoms with van der Waals surface area (Å²) in [7, 11) is 0. The summed E-state index contributed by atoms with van der Waals surface area (Å²) in [4.78, 5) is 7.65. The molecule has 2 aromatic rings. The van der Waals surface area contributed by atoms with Gasteiger partial charge in [0.05, 0.1) is 23.7 Å². The summed E-state index contributed by atoms with van der Waals surface area (Å²) >= 11 is 5.55. The number of alkyl halides is 3. The van der Waals surface area contributed by atoms with Crippen LogP contribution in [0.1, 0.15) is 11.3 Å². The Labute approximate surface area is 112 Å². The number of nitrogens with zero attached hydrogens (tertiary/aromatic N) is 2. The Morgan fingerprint density at radius 3 is 2.47 bits per heavy atom. The fourth-order valence-corrected chi connectivity index (χ4v) is 1.49. The van der Waals surface area contributed by atoms with Crippen molar-refractivity contribution in [2.75, 3.05) is 0 Å². The molecule has 0 aliphatic carbocycles. The molecule has 0 radical (unpaired) electrons. The van der Waals surface area contributed by atoms with Crippen molar-refractivity contribution in [3.63, 3.8) is 0 Å². The molecule has 0 N–H and O–H groups in total. The van der Waals surface area contributed by atoms with E-state index < -0.39 is 11.7 Å². The molecule has 0 bridgehead atoms. The Morgan fingerprint density at radius 2 is 1.84 bits per heavy atom. The van der Waals surface area contributed by atoms with Crippen LogP contribution < -0.4 is 4.74 Å². The van der Waals surface area contributed by atoms with E-state index >= 15 is 0 Å². The topological polar surface area (TPSA) is 35.0 Å². The molecule has 0 fully saturated rings. The van der Waals surface area contributed by atoms with Crippen LogP contribution in [0.4, 0.5) is 13.2 Å². The standard InChI is InChI=1S/C12H8ClF3N2O/c13-11-6-17-8(5-18-11)7-19-10-4-2-1-3-9(10)12(14,15)16/h1-6H,7H2. The van der Waals surface area contributed by atoms with Gasteiger partial charge in [-0.15, -0.1) is 0 Å². The second kappa shape index (κ2) is 5.44. The van der Waals surface area contributed by atoms with E-state index in [9.17, 15) is 13.2 Å². The van der Waals surface area contributed by atoms with Crippen LogP contribution in [0.25, 0.3) is 0 Å². The largest absolute Gasteiger partial charge is 0.487 e. The summed E-state index contributed by atoms with van der Waals surface area (Å²) < 4.78 is 43.2. The van der Waals surface area contributed by atoms with E-state index in [2.05, 4.69) is 9.97 Å². The van der Waals surface area contributed by atoms with E-state index in [1.165, 1.54) is 30.6 Å². The quantitative estimate of drug-likeness (QED) is 0.863. The van der Waals surface area contributed by atoms with Crippen LogP contribution in [0.5, 0.6) is 5.75 Å². The number of hydrogen-bond acceptors (Lipinski definition) is 3. The third-order valence-corrected chi connectivity index (χ3v) is 2.44. The van der Waals surface area contributed by atoms with Crippen LogP contribution in [-0.2, 0) is 12.8 Å². The third-order valence-electron chi connectivity index (χ3n) is 2.24. The number of benzene rings is 1. The lowest BCUT2D eigenvalue weighted by molar-refractivity contribution is -0.139. The smallest absolute Gasteiger partial charge is 0.419 e. The Morgan fingerprint density at radius 1 is 1.11 bits per heavy atom. The van der Waals surface area contributed by atoms with Gasteiger partial charge in [-0.3, -0.25) is 4.98 Å². The highest BCUT2D eigenvalue weighted by Gasteiger charge is 2.33. The average molecular weight is 289 g/mol. The van der Waals surface area contributed by atoms with Crippen molar-refractivity contribution in [2.45, 2.75) is 12.8 Å². The summed E-state index contributed by atoms with van der Waals surface area (Å²) in [6.45, 7) is -0.114. The molecule has 0 aliphatic heterocycles. The molecular formula is C12H8ClF3N2O. The van der Waals surface area contributed by atoms with Gasteiger partial charge in [-0.1, -0.05) is 23.7 Å².